The molecule has 0 bridgehead atoms. The second-order valence-electron chi connectivity index (χ2n) is 8.60. The lowest BCUT2D eigenvalue weighted by Crippen LogP contribution is -2.40. The van der Waals surface area contributed by atoms with Crippen molar-refractivity contribution in [3.63, 3.8) is 0 Å². The van der Waals surface area contributed by atoms with Crippen LogP contribution in [0.4, 0.5) is 0 Å². The second-order valence-corrected chi connectivity index (χ2v) is 11.6. The molecule has 1 aromatic heterocycles. The minimum Gasteiger partial charge on any atom is -0.496 e. The Kier molecular flexibility index (Phi) is 8.39. The smallest absolute Gasteiger partial charge is 0.338 e. The van der Waals surface area contributed by atoms with Crippen LogP contribution in [0.2, 0.25) is 0 Å². The molecule has 5 rings (SSSR count). The van der Waals surface area contributed by atoms with Crippen molar-refractivity contribution in [2.45, 2.75) is 17.9 Å². The highest BCUT2D eigenvalue weighted by Crippen LogP contribution is 2.35. The van der Waals surface area contributed by atoms with Gasteiger partial charge in [-0.1, -0.05) is 59.9 Å². The van der Waals surface area contributed by atoms with E-state index in [1.165, 1.54) is 11.3 Å². The normalized spacial score (nSPS) is 15.1. The summed E-state index contributed by atoms with van der Waals surface area (Å²) in [6.45, 7) is 1.98. The largest absolute Gasteiger partial charge is 0.496 e. The molecule has 0 fully saturated rings. The van der Waals surface area contributed by atoms with Crippen LogP contribution in [0, 0.1) is 3.57 Å². The van der Waals surface area contributed by atoms with Gasteiger partial charge in [0.15, 0.2) is 4.80 Å². The summed E-state index contributed by atoms with van der Waals surface area (Å²) in [7, 11) is 1.63. The molecule has 1 aliphatic rings. The number of aromatic nitrogens is 1. The zero-order chi connectivity index (χ0) is 27.5. The Morgan fingerprint density at radius 2 is 1.87 bits per heavy atom. The van der Waals surface area contributed by atoms with Crippen LogP contribution in [-0.2, 0) is 9.53 Å². The molecule has 0 amide bonds. The van der Waals surface area contributed by atoms with Crippen LogP contribution in [0.25, 0.3) is 11.8 Å². The third-order valence-corrected chi connectivity index (χ3v) is 8.85. The summed E-state index contributed by atoms with van der Waals surface area (Å²) in [5, 5.41) is 0. The number of halogens is 1. The summed E-state index contributed by atoms with van der Waals surface area (Å²) in [6.07, 6.45) is 3.87. The molecule has 0 radical (unpaired) electrons. The van der Waals surface area contributed by atoms with Crippen molar-refractivity contribution in [3.8, 4) is 5.75 Å². The number of ether oxygens (including phenoxy) is 2. The Morgan fingerprint density at radius 1 is 1.13 bits per heavy atom. The quantitative estimate of drug-likeness (QED) is 0.153. The fourth-order valence-corrected chi connectivity index (χ4v) is 6.63. The predicted molar refractivity (Wildman–Crippen MR) is 165 cm³/mol. The Morgan fingerprint density at radius 3 is 2.51 bits per heavy atom. The molecule has 0 saturated carbocycles. The highest BCUT2D eigenvalue weighted by atomic mass is 127. The van der Waals surface area contributed by atoms with Gasteiger partial charge >= 0.3 is 5.97 Å². The van der Waals surface area contributed by atoms with Gasteiger partial charge in [0.25, 0.3) is 5.56 Å². The van der Waals surface area contributed by atoms with Crippen LogP contribution >= 0.6 is 45.7 Å². The predicted octanol–water partition coefficient (Wildman–Crippen LogP) is 5.27. The van der Waals surface area contributed by atoms with E-state index in [0.29, 0.717) is 20.6 Å². The van der Waals surface area contributed by atoms with Crippen molar-refractivity contribution < 1.29 is 14.3 Å². The van der Waals surface area contributed by atoms with Gasteiger partial charge in [-0.25, -0.2) is 9.79 Å². The SMILES string of the molecule is CCOC(=O)C1=C(c2ccccc2)N=c2s/c(=C/c3ccc(OC)c(I)c3)c(=O)n2[C@H]1c1ccc(SC)cc1. The molecule has 1 atom stereocenters. The molecular weight excluding hydrogens is 643 g/mol. The number of fused-ring (bicyclic) bond motifs is 1. The van der Waals surface area contributed by atoms with Gasteiger partial charge in [0.05, 0.1) is 39.1 Å². The number of thioether (sulfide) groups is 1. The summed E-state index contributed by atoms with van der Waals surface area (Å²) in [6, 6.07) is 22.6. The van der Waals surface area contributed by atoms with Crippen LogP contribution in [-0.4, -0.2) is 30.5 Å². The minimum atomic E-state index is -0.690. The number of thiazole rings is 1. The van der Waals surface area contributed by atoms with Crippen molar-refractivity contribution in [1.82, 2.24) is 4.57 Å². The lowest BCUT2D eigenvalue weighted by molar-refractivity contribution is -0.138. The number of esters is 1. The summed E-state index contributed by atoms with van der Waals surface area (Å²) >= 11 is 5.15. The van der Waals surface area contributed by atoms with Crippen molar-refractivity contribution >= 4 is 63.4 Å². The minimum absolute atomic E-state index is 0.211. The molecule has 2 heterocycles. The lowest BCUT2D eigenvalue weighted by Gasteiger charge is -2.26. The van der Waals surface area contributed by atoms with E-state index in [0.717, 1.165) is 30.9 Å². The molecule has 0 unspecified atom stereocenters. The number of carbonyl (C=O) groups is 1. The number of carbonyl (C=O) groups excluding carboxylic acids is 1. The molecule has 39 heavy (non-hydrogen) atoms. The van der Waals surface area contributed by atoms with Crippen molar-refractivity contribution in [3.05, 3.63) is 118 Å². The second kappa shape index (κ2) is 11.9. The first kappa shape index (κ1) is 27.4. The van der Waals surface area contributed by atoms with Gasteiger partial charge in [-0.15, -0.1) is 11.8 Å². The summed E-state index contributed by atoms with van der Waals surface area (Å²) in [5.74, 6) is 0.285. The van der Waals surface area contributed by atoms with E-state index in [1.807, 2.05) is 85.1 Å². The topological polar surface area (TPSA) is 69.9 Å². The summed E-state index contributed by atoms with van der Waals surface area (Å²) < 4.78 is 14.0. The van der Waals surface area contributed by atoms with Crippen molar-refractivity contribution in [1.29, 1.82) is 0 Å². The molecule has 0 N–H and O–H groups in total. The first-order chi connectivity index (χ1) is 18.9. The molecule has 198 valence electrons. The Bertz CT molecular complexity index is 1740. The molecular formula is C30H25IN2O4S2. The van der Waals surface area contributed by atoms with E-state index in [9.17, 15) is 9.59 Å². The molecule has 9 heteroatoms. The number of benzene rings is 3. The molecule has 0 saturated heterocycles. The average molecular weight is 669 g/mol. The fourth-order valence-electron chi connectivity index (χ4n) is 4.47. The Hall–Kier alpha value is -3.15. The molecule has 6 nitrogen and oxygen atoms in total. The first-order valence-corrected chi connectivity index (χ1v) is 15.3. The highest BCUT2D eigenvalue weighted by molar-refractivity contribution is 14.1. The number of methoxy groups -OCH3 is 1. The van der Waals surface area contributed by atoms with Gasteiger partial charge in [-0.05, 0) is 77.2 Å². The third kappa shape index (κ3) is 5.48. The van der Waals surface area contributed by atoms with Crippen LogP contribution in [0.3, 0.4) is 0 Å². The zero-order valence-corrected chi connectivity index (χ0v) is 25.3. The molecule has 0 aliphatic carbocycles. The fraction of sp³-hybridized carbons (Fsp3) is 0.167. The third-order valence-electron chi connectivity index (χ3n) is 6.28. The number of nitrogens with zero attached hydrogens (tertiary/aromatic N) is 2. The molecule has 4 aromatic rings. The van der Waals surface area contributed by atoms with E-state index in [-0.39, 0.29) is 12.2 Å². The highest BCUT2D eigenvalue weighted by Gasteiger charge is 2.35. The molecule has 0 spiro atoms. The van der Waals surface area contributed by atoms with E-state index in [1.54, 1.807) is 30.4 Å². The zero-order valence-electron chi connectivity index (χ0n) is 21.5. The van der Waals surface area contributed by atoms with Gasteiger partial charge in [-0.2, -0.15) is 0 Å². The standard InChI is InChI=1S/C30H25IN2O4S2/c1-4-37-29(35)25-26(19-8-6-5-7-9-19)32-30-33(27(25)20-11-13-21(38-3)14-12-20)28(34)24(39-30)17-18-10-15-23(36-2)22(31)16-18/h5-17,27H,4H2,1-3H3/b24-17+/t27-/m0/s1. The molecule has 1 aliphatic heterocycles. The van der Waals surface area contributed by atoms with Gasteiger partial charge in [0.1, 0.15) is 5.75 Å². The van der Waals surface area contributed by atoms with Gasteiger partial charge in [-0.3, -0.25) is 9.36 Å². The summed E-state index contributed by atoms with van der Waals surface area (Å²) in [5.41, 5.74) is 3.12. The van der Waals surface area contributed by atoms with E-state index in [2.05, 4.69) is 22.6 Å². The van der Waals surface area contributed by atoms with Crippen LogP contribution < -0.4 is 19.6 Å². The first-order valence-electron chi connectivity index (χ1n) is 12.2. The maximum Gasteiger partial charge on any atom is 0.338 e. The number of hydrogen-bond donors (Lipinski definition) is 0. The monoisotopic (exact) mass is 668 g/mol. The van der Waals surface area contributed by atoms with Gasteiger partial charge in [0.2, 0.25) is 0 Å². The Labute approximate surface area is 247 Å². The molecule has 3 aromatic carbocycles. The van der Waals surface area contributed by atoms with Crippen LogP contribution in [0.1, 0.15) is 29.7 Å². The lowest BCUT2D eigenvalue weighted by atomic mass is 9.93. The number of hydrogen-bond acceptors (Lipinski definition) is 7. The van der Waals surface area contributed by atoms with Crippen molar-refractivity contribution in [2.75, 3.05) is 20.0 Å². The maximum atomic E-state index is 14.0. The number of rotatable bonds is 7. The van der Waals surface area contributed by atoms with Crippen LogP contribution in [0.15, 0.2) is 93.1 Å². The van der Waals surface area contributed by atoms with Crippen LogP contribution in [0.5, 0.6) is 5.75 Å². The van der Waals surface area contributed by atoms with Crippen molar-refractivity contribution in [2.24, 2.45) is 4.99 Å². The maximum absolute atomic E-state index is 14.0. The Balaban J connectivity index is 1.79. The van der Waals surface area contributed by atoms with E-state index < -0.39 is 12.0 Å². The average Bonchev–Trinajstić information content (AvgIpc) is 3.27. The summed E-state index contributed by atoms with van der Waals surface area (Å²) in [4.78, 5) is 34.0. The van der Waals surface area contributed by atoms with Gasteiger partial charge < -0.3 is 9.47 Å². The van der Waals surface area contributed by atoms with E-state index >= 15 is 0 Å². The van der Waals surface area contributed by atoms with Gasteiger partial charge in [0, 0.05) is 10.5 Å². The van der Waals surface area contributed by atoms with E-state index in [4.69, 9.17) is 14.5 Å².